The lowest BCUT2D eigenvalue weighted by Crippen LogP contribution is -2.11. The van der Waals surface area contributed by atoms with Crippen LogP contribution in [0.5, 0.6) is 0 Å². The third-order valence-corrected chi connectivity index (χ3v) is 5.68. The summed E-state index contributed by atoms with van der Waals surface area (Å²) in [5.41, 5.74) is 0.754. The number of aromatic nitrogens is 5. The fourth-order valence-corrected chi connectivity index (χ4v) is 4.15. The number of nitrogens with zero attached hydrogens (tertiary/aromatic N) is 6. The molecule has 28 heavy (non-hydrogen) atoms. The van der Waals surface area contributed by atoms with Crippen LogP contribution in [0, 0.1) is 17.0 Å². The fraction of sp³-hybridized carbons (Fsp3) is 0.312. The van der Waals surface area contributed by atoms with Crippen molar-refractivity contribution in [3.8, 4) is 0 Å². The van der Waals surface area contributed by atoms with Crippen molar-refractivity contribution in [1.29, 1.82) is 0 Å². The molecule has 0 saturated carbocycles. The normalized spacial score (nSPS) is 10.8. The number of thiazole rings is 1. The van der Waals surface area contributed by atoms with E-state index in [1.165, 1.54) is 41.3 Å². The predicted molar refractivity (Wildman–Crippen MR) is 101 cm³/mol. The van der Waals surface area contributed by atoms with E-state index in [0.717, 1.165) is 12.1 Å². The van der Waals surface area contributed by atoms with Crippen LogP contribution in [-0.2, 0) is 17.9 Å². The van der Waals surface area contributed by atoms with Crippen molar-refractivity contribution in [2.45, 2.75) is 42.7 Å². The maximum absolute atomic E-state index is 12.3. The maximum atomic E-state index is 12.3. The number of carbonyl (C=O) groups excluding carboxylic acids is 1. The number of hydrogen-bond acceptors (Lipinski definition) is 10. The second kappa shape index (κ2) is 8.89. The number of tetrazole rings is 1. The zero-order valence-electron chi connectivity index (χ0n) is 15.1. The molecule has 0 aliphatic rings. The zero-order chi connectivity index (χ0) is 20.1. The summed E-state index contributed by atoms with van der Waals surface area (Å²) >= 11 is 2.59. The highest BCUT2D eigenvalue weighted by atomic mass is 32.2. The van der Waals surface area contributed by atoms with Crippen LogP contribution in [0.3, 0.4) is 0 Å². The Kier molecular flexibility index (Phi) is 6.31. The Labute approximate surface area is 168 Å². The summed E-state index contributed by atoms with van der Waals surface area (Å²) in [6.45, 7) is 4.32. The van der Waals surface area contributed by atoms with Gasteiger partial charge in [0.25, 0.3) is 5.69 Å². The van der Waals surface area contributed by atoms with E-state index >= 15 is 0 Å². The average Bonchev–Trinajstić information content (AvgIpc) is 3.29. The quantitative estimate of drug-likeness (QED) is 0.306. The van der Waals surface area contributed by atoms with Gasteiger partial charge in [-0.15, -0.1) is 16.4 Å². The molecular formula is C16H16N6O4S2. The van der Waals surface area contributed by atoms with Gasteiger partial charge in [-0.05, 0) is 35.9 Å². The van der Waals surface area contributed by atoms with E-state index in [1.807, 2.05) is 19.2 Å². The monoisotopic (exact) mass is 420 g/mol. The van der Waals surface area contributed by atoms with Gasteiger partial charge >= 0.3 is 5.97 Å². The zero-order valence-corrected chi connectivity index (χ0v) is 16.7. The molecule has 3 aromatic rings. The van der Waals surface area contributed by atoms with Crippen LogP contribution in [-0.4, -0.2) is 36.1 Å². The van der Waals surface area contributed by atoms with Crippen LogP contribution < -0.4 is 0 Å². The van der Waals surface area contributed by atoms with Gasteiger partial charge in [-0.2, -0.15) is 0 Å². The van der Waals surface area contributed by atoms with Gasteiger partial charge in [0.05, 0.1) is 15.4 Å². The average molecular weight is 420 g/mol. The Morgan fingerprint density at radius 3 is 2.93 bits per heavy atom. The van der Waals surface area contributed by atoms with E-state index in [1.54, 1.807) is 4.68 Å². The summed E-state index contributed by atoms with van der Waals surface area (Å²) in [5, 5.41) is 24.5. The molecule has 146 valence electrons. The molecule has 2 heterocycles. The lowest BCUT2D eigenvalue weighted by molar-refractivity contribution is -0.387. The van der Waals surface area contributed by atoms with Gasteiger partial charge in [0.15, 0.2) is 16.8 Å². The van der Waals surface area contributed by atoms with Crippen LogP contribution in [0.15, 0.2) is 32.8 Å². The highest BCUT2D eigenvalue weighted by Crippen LogP contribution is 2.36. The Morgan fingerprint density at radius 1 is 1.43 bits per heavy atom. The standard InChI is InChI=1S/C16H16N6O4S2/c1-3-6-21-14(18-19-20-21)8-26-15(23)11-4-5-13(12(7-11)22(24)25)28-16-17-10(2)9-27-16/h4-5,7,9H,3,6,8H2,1-2H3. The summed E-state index contributed by atoms with van der Waals surface area (Å²) in [5.74, 6) is -0.271. The molecular weight excluding hydrogens is 404 g/mol. The number of carbonyl (C=O) groups is 1. The molecule has 0 unspecified atom stereocenters. The first-order chi connectivity index (χ1) is 13.5. The lowest BCUT2D eigenvalue weighted by Gasteiger charge is -2.06. The largest absolute Gasteiger partial charge is 0.454 e. The second-order valence-corrected chi connectivity index (χ2v) is 7.84. The first-order valence-corrected chi connectivity index (χ1v) is 9.98. The van der Waals surface area contributed by atoms with E-state index in [0.29, 0.717) is 21.6 Å². The highest BCUT2D eigenvalue weighted by molar-refractivity contribution is 8.01. The Balaban J connectivity index is 1.74. The number of benzene rings is 1. The number of aryl methyl sites for hydroxylation is 2. The van der Waals surface area contributed by atoms with Crippen molar-refractivity contribution in [3.05, 3.63) is 50.8 Å². The molecule has 0 fully saturated rings. The molecule has 0 saturated heterocycles. The highest BCUT2D eigenvalue weighted by Gasteiger charge is 2.20. The topological polar surface area (TPSA) is 126 Å². The molecule has 1 aromatic carbocycles. The molecule has 0 amide bonds. The predicted octanol–water partition coefficient (Wildman–Crippen LogP) is 3.26. The summed E-state index contributed by atoms with van der Waals surface area (Å²) in [7, 11) is 0. The molecule has 12 heteroatoms. The van der Waals surface area contributed by atoms with Gasteiger partial charge in [-0.1, -0.05) is 18.7 Å². The van der Waals surface area contributed by atoms with Crippen LogP contribution >= 0.6 is 23.1 Å². The summed E-state index contributed by atoms with van der Waals surface area (Å²) in [6.07, 6.45) is 0.829. The van der Waals surface area contributed by atoms with Gasteiger partial charge < -0.3 is 4.74 Å². The number of rotatable bonds is 8. The summed E-state index contributed by atoms with van der Waals surface area (Å²) in [6, 6.07) is 4.23. The summed E-state index contributed by atoms with van der Waals surface area (Å²) in [4.78, 5) is 27.9. The number of esters is 1. The summed E-state index contributed by atoms with van der Waals surface area (Å²) < 4.78 is 7.45. The number of hydrogen-bond donors (Lipinski definition) is 0. The van der Waals surface area contributed by atoms with Gasteiger partial charge in [0.1, 0.15) is 0 Å². The first kappa shape index (κ1) is 19.9. The number of nitro benzene ring substituents is 1. The van der Waals surface area contributed by atoms with Gasteiger partial charge in [-0.25, -0.2) is 14.5 Å². The minimum Gasteiger partial charge on any atom is -0.454 e. The molecule has 0 aliphatic heterocycles. The van der Waals surface area contributed by atoms with Crippen LogP contribution in [0.25, 0.3) is 0 Å². The van der Waals surface area contributed by atoms with E-state index in [-0.39, 0.29) is 17.9 Å². The van der Waals surface area contributed by atoms with Crippen molar-refractivity contribution in [1.82, 2.24) is 25.2 Å². The second-order valence-electron chi connectivity index (χ2n) is 5.69. The molecule has 0 radical (unpaired) electrons. The van der Waals surface area contributed by atoms with Crippen LogP contribution in [0.4, 0.5) is 5.69 Å². The number of nitro groups is 1. The van der Waals surface area contributed by atoms with Crippen molar-refractivity contribution in [3.63, 3.8) is 0 Å². The third-order valence-electron chi connectivity index (χ3n) is 3.56. The van der Waals surface area contributed by atoms with Crippen LogP contribution in [0.1, 0.15) is 35.2 Å². The first-order valence-electron chi connectivity index (χ1n) is 8.28. The molecule has 10 nitrogen and oxygen atoms in total. The molecule has 0 aliphatic carbocycles. The minimum absolute atomic E-state index is 0.0842. The Hall–Kier alpha value is -2.86. The lowest BCUT2D eigenvalue weighted by atomic mass is 10.2. The Bertz CT molecular complexity index is 1000. The van der Waals surface area contributed by atoms with Crippen LogP contribution in [0.2, 0.25) is 0 Å². The SMILES string of the molecule is CCCn1nnnc1COC(=O)c1ccc(Sc2nc(C)cs2)c([N+](=O)[O-])c1. The van der Waals surface area contributed by atoms with Gasteiger partial charge in [0, 0.05) is 23.7 Å². The maximum Gasteiger partial charge on any atom is 0.338 e. The fourth-order valence-electron chi connectivity index (χ4n) is 2.27. The van der Waals surface area contributed by atoms with E-state index in [2.05, 4.69) is 20.5 Å². The molecule has 3 rings (SSSR count). The molecule has 0 atom stereocenters. The van der Waals surface area contributed by atoms with Crippen molar-refractivity contribution in [2.24, 2.45) is 0 Å². The van der Waals surface area contributed by atoms with Crippen molar-refractivity contribution in [2.75, 3.05) is 0 Å². The number of ether oxygens (including phenoxy) is 1. The molecule has 0 bridgehead atoms. The molecule has 0 N–H and O–H groups in total. The van der Waals surface area contributed by atoms with E-state index in [4.69, 9.17) is 4.74 Å². The third kappa shape index (κ3) is 4.70. The molecule has 0 spiro atoms. The van der Waals surface area contributed by atoms with Crippen molar-refractivity contribution < 1.29 is 14.5 Å². The van der Waals surface area contributed by atoms with E-state index in [9.17, 15) is 14.9 Å². The minimum atomic E-state index is -0.684. The smallest absolute Gasteiger partial charge is 0.338 e. The van der Waals surface area contributed by atoms with E-state index < -0.39 is 10.9 Å². The van der Waals surface area contributed by atoms with Crippen molar-refractivity contribution >= 4 is 34.8 Å². The van der Waals surface area contributed by atoms with Gasteiger partial charge in [0.2, 0.25) is 0 Å². The van der Waals surface area contributed by atoms with Gasteiger partial charge in [-0.3, -0.25) is 10.1 Å². The Morgan fingerprint density at radius 2 is 2.25 bits per heavy atom. The molecule has 2 aromatic heterocycles.